The average Bonchev–Trinajstić information content (AvgIpc) is 3.12. The Hall–Kier alpha value is -3.32. The van der Waals surface area contributed by atoms with Gasteiger partial charge in [-0.2, -0.15) is 0 Å². The number of hydrogen-bond acceptors (Lipinski definition) is 5. The standard InChI is InChI=1S/C22H23N3O4/c1-24(2)16-7-5-6-15(14-16)21(26)23-19-17-8-3-4-9-18(17)29-20(19)22(27)25-10-12-28-13-11-25/h3-9,14H,10-13H2,1-2H3,(H,23,26). The second kappa shape index (κ2) is 7.97. The van der Waals surface area contributed by atoms with Gasteiger partial charge in [-0.05, 0) is 30.3 Å². The third-order valence-electron chi connectivity index (χ3n) is 4.95. The Balaban J connectivity index is 1.69. The van der Waals surface area contributed by atoms with Gasteiger partial charge < -0.3 is 24.3 Å². The molecular weight excluding hydrogens is 370 g/mol. The minimum Gasteiger partial charge on any atom is -0.449 e. The number of rotatable bonds is 4. The molecule has 2 amide bonds. The van der Waals surface area contributed by atoms with E-state index in [0.29, 0.717) is 48.5 Å². The molecule has 0 radical (unpaired) electrons. The van der Waals surface area contributed by atoms with E-state index in [1.165, 1.54) is 0 Å². The van der Waals surface area contributed by atoms with Crippen LogP contribution in [0.15, 0.2) is 52.9 Å². The van der Waals surface area contributed by atoms with Gasteiger partial charge in [0.05, 0.1) is 13.2 Å². The average molecular weight is 393 g/mol. The fourth-order valence-corrected chi connectivity index (χ4v) is 3.34. The molecule has 4 rings (SSSR count). The molecule has 29 heavy (non-hydrogen) atoms. The summed E-state index contributed by atoms with van der Waals surface area (Å²) in [4.78, 5) is 29.6. The van der Waals surface area contributed by atoms with Crippen LogP contribution in [0.1, 0.15) is 20.9 Å². The van der Waals surface area contributed by atoms with Crippen molar-refractivity contribution in [1.82, 2.24) is 4.90 Å². The molecule has 1 aliphatic heterocycles. The summed E-state index contributed by atoms with van der Waals surface area (Å²) in [6, 6.07) is 14.6. The summed E-state index contributed by atoms with van der Waals surface area (Å²) in [6.45, 7) is 1.97. The van der Waals surface area contributed by atoms with Crippen LogP contribution in [0.3, 0.4) is 0 Å². The lowest BCUT2D eigenvalue weighted by Crippen LogP contribution is -2.40. The molecule has 1 saturated heterocycles. The number of carbonyl (C=O) groups excluding carboxylic acids is 2. The number of furan rings is 1. The second-order valence-corrected chi connectivity index (χ2v) is 7.11. The number of fused-ring (bicyclic) bond motifs is 1. The maximum Gasteiger partial charge on any atom is 0.291 e. The van der Waals surface area contributed by atoms with Gasteiger partial charge in [-0.15, -0.1) is 0 Å². The van der Waals surface area contributed by atoms with Gasteiger partial charge >= 0.3 is 0 Å². The van der Waals surface area contributed by atoms with E-state index in [9.17, 15) is 9.59 Å². The predicted octanol–water partition coefficient (Wildman–Crippen LogP) is 3.22. The molecule has 2 aromatic carbocycles. The Bertz CT molecular complexity index is 1050. The summed E-state index contributed by atoms with van der Waals surface area (Å²) in [5.41, 5.74) is 2.38. The van der Waals surface area contributed by atoms with Crippen molar-refractivity contribution in [1.29, 1.82) is 0 Å². The first-order valence-electron chi connectivity index (χ1n) is 9.52. The lowest BCUT2D eigenvalue weighted by molar-refractivity contribution is 0.0285. The summed E-state index contributed by atoms with van der Waals surface area (Å²) < 4.78 is 11.2. The fraction of sp³-hybridized carbons (Fsp3) is 0.273. The van der Waals surface area contributed by atoms with Crippen LogP contribution < -0.4 is 10.2 Å². The van der Waals surface area contributed by atoms with E-state index in [1.54, 1.807) is 23.1 Å². The van der Waals surface area contributed by atoms with Crippen LogP contribution in [0, 0.1) is 0 Å². The van der Waals surface area contributed by atoms with Crippen molar-refractivity contribution in [3.8, 4) is 0 Å². The normalized spacial score (nSPS) is 14.1. The highest BCUT2D eigenvalue weighted by Gasteiger charge is 2.27. The Morgan fingerprint density at radius 1 is 1.03 bits per heavy atom. The van der Waals surface area contributed by atoms with E-state index in [1.807, 2.05) is 49.3 Å². The topological polar surface area (TPSA) is 75.0 Å². The molecule has 0 spiro atoms. The molecule has 0 atom stereocenters. The van der Waals surface area contributed by atoms with E-state index in [-0.39, 0.29) is 17.6 Å². The molecule has 2 heterocycles. The van der Waals surface area contributed by atoms with E-state index >= 15 is 0 Å². The van der Waals surface area contributed by atoms with Crippen molar-refractivity contribution in [3.05, 3.63) is 59.9 Å². The summed E-state index contributed by atoms with van der Waals surface area (Å²) in [5, 5.41) is 3.60. The molecule has 0 aliphatic carbocycles. The first-order valence-corrected chi connectivity index (χ1v) is 9.52. The van der Waals surface area contributed by atoms with Crippen LogP contribution >= 0.6 is 0 Å². The molecule has 1 aliphatic rings. The number of ether oxygens (including phenoxy) is 1. The van der Waals surface area contributed by atoms with Gasteiger partial charge in [-0.3, -0.25) is 9.59 Å². The molecular formula is C22H23N3O4. The lowest BCUT2D eigenvalue weighted by Gasteiger charge is -2.26. The van der Waals surface area contributed by atoms with Crippen molar-refractivity contribution < 1.29 is 18.7 Å². The first-order chi connectivity index (χ1) is 14.0. The van der Waals surface area contributed by atoms with Gasteiger partial charge in [-0.25, -0.2) is 0 Å². The Morgan fingerprint density at radius 3 is 2.55 bits per heavy atom. The largest absolute Gasteiger partial charge is 0.449 e. The van der Waals surface area contributed by atoms with Crippen LogP contribution in [-0.4, -0.2) is 57.1 Å². The maximum atomic E-state index is 13.1. The number of para-hydroxylation sites is 1. The molecule has 1 N–H and O–H groups in total. The smallest absolute Gasteiger partial charge is 0.291 e. The first kappa shape index (κ1) is 19.0. The van der Waals surface area contributed by atoms with Crippen LogP contribution in [0.2, 0.25) is 0 Å². The van der Waals surface area contributed by atoms with E-state index in [0.717, 1.165) is 5.69 Å². The van der Waals surface area contributed by atoms with Gasteiger partial charge in [-0.1, -0.05) is 18.2 Å². The molecule has 3 aromatic rings. The molecule has 1 fully saturated rings. The summed E-state index contributed by atoms with van der Waals surface area (Å²) in [7, 11) is 3.83. The maximum absolute atomic E-state index is 13.1. The Morgan fingerprint density at radius 2 is 1.79 bits per heavy atom. The van der Waals surface area contributed by atoms with Crippen LogP contribution in [-0.2, 0) is 4.74 Å². The van der Waals surface area contributed by atoms with Crippen molar-refractivity contribution in [2.24, 2.45) is 0 Å². The zero-order valence-corrected chi connectivity index (χ0v) is 16.5. The molecule has 0 unspecified atom stereocenters. The van der Waals surface area contributed by atoms with Crippen molar-refractivity contribution in [2.45, 2.75) is 0 Å². The quantitative estimate of drug-likeness (QED) is 0.737. The molecule has 1 aromatic heterocycles. The SMILES string of the molecule is CN(C)c1cccc(C(=O)Nc2c(C(=O)N3CCOCC3)oc3ccccc23)c1. The summed E-state index contributed by atoms with van der Waals surface area (Å²) in [6.07, 6.45) is 0. The minimum absolute atomic E-state index is 0.144. The van der Waals surface area contributed by atoms with Crippen LogP contribution in [0.5, 0.6) is 0 Å². The molecule has 0 bridgehead atoms. The Kier molecular flexibility index (Phi) is 5.22. The number of carbonyl (C=O) groups is 2. The van der Waals surface area contributed by atoms with Gasteiger partial charge in [0, 0.05) is 43.8 Å². The van der Waals surface area contributed by atoms with Crippen molar-refractivity contribution >= 4 is 34.2 Å². The lowest BCUT2D eigenvalue weighted by atomic mass is 10.1. The van der Waals surface area contributed by atoms with Gasteiger partial charge in [0.1, 0.15) is 11.3 Å². The number of amides is 2. The van der Waals surface area contributed by atoms with E-state index in [4.69, 9.17) is 9.15 Å². The summed E-state index contributed by atoms with van der Waals surface area (Å²) >= 11 is 0. The molecule has 150 valence electrons. The molecule has 7 nitrogen and oxygen atoms in total. The molecule has 7 heteroatoms. The zero-order chi connectivity index (χ0) is 20.4. The summed E-state index contributed by atoms with van der Waals surface area (Å²) in [5.74, 6) is -0.400. The third kappa shape index (κ3) is 3.82. The monoisotopic (exact) mass is 393 g/mol. The highest BCUT2D eigenvalue weighted by Crippen LogP contribution is 2.32. The zero-order valence-electron chi connectivity index (χ0n) is 16.5. The number of morpholine rings is 1. The van der Waals surface area contributed by atoms with E-state index in [2.05, 4.69) is 5.32 Å². The van der Waals surface area contributed by atoms with Crippen LogP contribution in [0.4, 0.5) is 11.4 Å². The number of nitrogens with one attached hydrogen (secondary N) is 1. The van der Waals surface area contributed by atoms with Crippen LogP contribution in [0.25, 0.3) is 11.0 Å². The van der Waals surface area contributed by atoms with Gasteiger partial charge in [0.2, 0.25) is 5.76 Å². The highest BCUT2D eigenvalue weighted by atomic mass is 16.5. The highest BCUT2D eigenvalue weighted by molar-refractivity contribution is 6.14. The number of benzene rings is 2. The Labute approximate surface area is 168 Å². The minimum atomic E-state index is -0.295. The third-order valence-corrected chi connectivity index (χ3v) is 4.95. The van der Waals surface area contributed by atoms with E-state index < -0.39 is 0 Å². The molecule has 0 saturated carbocycles. The van der Waals surface area contributed by atoms with Gasteiger partial charge in [0.25, 0.3) is 11.8 Å². The van der Waals surface area contributed by atoms with Gasteiger partial charge in [0.15, 0.2) is 0 Å². The predicted molar refractivity (Wildman–Crippen MR) is 112 cm³/mol. The number of anilines is 2. The van der Waals surface area contributed by atoms with Crippen molar-refractivity contribution in [3.63, 3.8) is 0 Å². The number of nitrogens with zero attached hydrogens (tertiary/aromatic N) is 2. The second-order valence-electron chi connectivity index (χ2n) is 7.11. The van der Waals surface area contributed by atoms with Crippen molar-refractivity contribution in [2.75, 3.05) is 50.6 Å². The fourth-order valence-electron chi connectivity index (χ4n) is 3.34. The number of hydrogen-bond donors (Lipinski definition) is 1.